The van der Waals surface area contributed by atoms with E-state index in [0.29, 0.717) is 6.04 Å². The molecule has 1 saturated heterocycles. The zero-order chi connectivity index (χ0) is 8.39. The number of quaternary nitrogens is 1. The number of hydrogen-bond donors (Lipinski definition) is 1. The lowest BCUT2D eigenvalue weighted by molar-refractivity contribution is -0.676. The van der Waals surface area contributed by atoms with E-state index in [2.05, 4.69) is 17.4 Å². The van der Waals surface area contributed by atoms with Crippen molar-refractivity contribution in [3.8, 4) is 0 Å². The molecular formula is C10H13ClN+. The van der Waals surface area contributed by atoms with Crippen LogP contribution < -0.4 is 5.32 Å². The van der Waals surface area contributed by atoms with Crippen LogP contribution in [0.4, 0.5) is 0 Å². The molecule has 0 bridgehead atoms. The molecule has 1 aliphatic heterocycles. The Kier molecular flexibility index (Phi) is 2.33. The Hall–Kier alpha value is -0.530. The zero-order valence-electron chi connectivity index (χ0n) is 6.96. The van der Waals surface area contributed by atoms with Crippen LogP contribution in [0.3, 0.4) is 0 Å². The minimum Gasteiger partial charge on any atom is -0.340 e. The highest BCUT2D eigenvalue weighted by molar-refractivity contribution is 6.30. The maximum atomic E-state index is 5.81. The summed E-state index contributed by atoms with van der Waals surface area (Å²) in [7, 11) is 0. The van der Waals surface area contributed by atoms with Gasteiger partial charge in [0.1, 0.15) is 6.04 Å². The van der Waals surface area contributed by atoms with E-state index in [1.807, 2.05) is 12.1 Å². The fourth-order valence-corrected chi connectivity index (χ4v) is 1.91. The maximum absolute atomic E-state index is 5.81. The summed E-state index contributed by atoms with van der Waals surface area (Å²) in [6, 6.07) is 8.90. The molecule has 1 aromatic carbocycles. The second kappa shape index (κ2) is 3.46. The highest BCUT2D eigenvalue weighted by Gasteiger charge is 2.19. The normalized spacial score (nSPS) is 22.9. The van der Waals surface area contributed by atoms with Gasteiger partial charge in [-0.15, -0.1) is 0 Å². The van der Waals surface area contributed by atoms with E-state index in [0.717, 1.165) is 5.02 Å². The van der Waals surface area contributed by atoms with Gasteiger partial charge in [0.25, 0.3) is 0 Å². The molecule has 1 atom stereocenters. The van der Waals surface area contributed by atoms with Crippen LogP contribution in [0.2, 0.25) is 5.02 Å². The van der Waals surface area contributed by atoms with Crippen molar-refractivity contribution < 1.29 is 5.32 Å². The topological polar surface area (TPSA) is 16.6 Å². The predicted molar refractivity (Wildman–Crippen MR) is 50.2 cm³/mol. The van der Waals surface area contributed by atoms with E-state index in [-0.39, 0.29) is 0 Å². The average molecular weight is 183 g/mol. The van der Waals surface area contributed by atoms with Crippen LogP contribution in [0.1, 0.15) is 24.4 Å². The minimum absolute atomic E-state index is 0.683. The Morgan fingerprint density at radius 2 is 2.00 bits per heavy atom. The summed E-state index contributed by atoms with van der Waals surface area (Å²) in [4.78, 5) is 0. The number of nitrogens with two attached hydrogens (primary N) is 1. The van der Waals surface area contributed by atoms with Crippen LogP contribution in [0.5, 0.6) is 0 Å². The molecule has 0 aromatic heterocycles. The largest absolute Gasteiger partial charge is 0.340 e. The molecule has 1 fully saturated rings. The van der Waals surface area contributed by atoms with Gasteiger partial charge in [-0.3, -0.25) is 0 Å². The SMILES string of the molecule is Clc1ccc([C@H]2CCC[NH2+]2)cc1. The average Bonchev–Trinajstić information content (AvgIpc) is 2.58. The maximum Gasteiger partial charge on any atom is 0.112 e. The number of halogens is 1. The van der Waals surface area contributed by atoms with Crippen molar-refractivity contribution in [2.24, 2.45) is 0 Å². The molecule has 0 amide bonds. The molecule has 0 saturated carbocycles. The van der Waals surface area contributed by atoms with Gasteiger partial charge in [-0.25, -0.2) is 0 Å². The van der Waals surface area contributed by atoms with E-state index < -0.39 is 0 Å². The Bertz CT molecular complexity index is 249. The van der Waals surface area contributed by atoms with Crippen molar-refractivity contribution in [2.75, 3.05) is 6.54 Å². The molecule has 0 radical (unpaired) electrons. The van der Waals surface area contributed by atoms with E-state index in [1.165, 1.54) is 24.9 Å². The third-order valence-electron chi connectivity index (χ3n) is 2.47. The lowest BCUT2D eigenvalue weighted by Crippen LogP contribution is -2.81. The van der Waals surface area contributed by atoms with Gasteiger partial charge in [0, 0.05) is 23.4 Å². The third-order valence-corrected chi connectivity index (χ3v) is 2.72. The molecule has 64 valence electrons. The summed E-state index contributed by atoms with van der Waals surface area (Å²) >= 11 is 5.81. The summed E-state index contributed by atoms with van der Waals surface area (Å²) in [5, 5.41) is 3.24. The second-order valence-corrected chi connectivity index (χ2v) is 3.76. The highest BCUT2D eigenvalue weighted by Crippen LogP contribution is 2.19. The summed E-state index contributed by atoms with van der Waals surface area (Å²) in [6.07, 6.45) is 2.65. The summed E-state index contributed by atoms with van der Waals surface area (Å²) < 4.78 is 0. The number of rotatable bonds is 1. The Balaban J connectivity index is 2.17. The molecule has 2 heteroatoms. The standard InChI is InChI=1S/C10H12ClN/c11-9-5-3-8(4-6-9)10-2-1-7-12-10/h3-6,10,12H,1-2,7H2/p+1/t10-/m1/s1. The molecule has 0 unspecified atom stereocenters. The van der Waals surface area contributed by atoms with Gasteiger partial charge in [-0.1, -0.05) is 23.7 Å². The van der Waals surface area contributed by atoms with Crippen molar-refractivity contribution in [1.82, 2.24) is 0 Å². The van der Waals surface area contributed by atoms with Gasteiger partial charge in [-0.05, 0) is 12.1 Å². The first kappa shape index (κ1) is 8.09. The van der Waals surface area contributed by atoms with E-state index >= 15 is 0 Å². The van der Waals surface area contributed by atoms with Crippen LogP contribution >= 0.6 is 11.6 Å². The first-order valence-corrected chi connectivity index (χ1v) is 4.83. The van der Waals surface area contributed by atoms with Gasteiger partial charge in [0.15, 0.2) is 0 Å². The quantitative estimate of drug-likeness (QED) is 0.682. The lowest BCUT2D eigenvalue weighted by atomic mass is 10.1. The fourth-order valence-electron chi connectivity index (χ4n) is 1.79. The molecule has 0 spiro atoms. The highest BCUT2D eigenvalue weighted by atomic mass is 35.5. The van der Waals surface area contributed by atoms with E-state index in [4.69, 9.17) is 11.6 Å². The first-order chi connectivity index (χ1) is 5.86. The van der Waals surface area contributed by atoms with Crippen molar-refractivity contribution in [2.45, 2.75) is 18.9 Å². The van der Waals surface area contributed by atoms with Crippen molar-refractivity contribution in [3.05, 3.63) is 34.9 Å². The van der Waals surface area contributed by atoms with Gasteiger partial charge in [-0.2, -0.15) is 0 Å². The van der Waals surface area contributed by atoms with Gasteiger partial charge < -0.3 is 5.32 Å². The van der Waals surface area contributed by atoms with Crippen LogP contribution in [0.15, 0.2) is 24.3 Å². The third kappa shape index (κ3) is 1.62. The molecular weight excluding hydrogens is 170 g/mol. The van der Waals surface area contributed by atoms with Crippen molar-refractivity contribution in [1.29, 1.82) is 0 Å². The Morgan fingerprint density at radius 1 is 1.25 bits per heavy atom. The molecule has 1 nitrogen and oxygen atoms in total. The van der Waals surface area contributed by atoms with Crippen molar-refractivity contribution >= 4 is 11.6 Å². The Morgan fingerprint density at radius 3 is 2.58 bits per heavy atom. The second-order valence-electron chi connectivity index (χ2n) is 3.32. The minimum atomic E-state index is 0.683. The molecule has 12 heavy (non-hydrogen) atoms. The molecule has 1 aliphatic rings. The smallest absolute Gasteiger partial charge is 0.112 e. The Labute approximate surface area is 77.7 Å². The van der Waals surface area contributed by atoms with E-state index in [1.54, 1.807) is 0 Å². The zero-order valence-corrected chi connectivity index (χ0v) is 7.72. The molecule has 1 heterocycles. The lowest BCUT2D eigenvalue weighted by Gasteiger charge is -2.06. The van der Waals surface area contributed by atoms with Crippen LogP contribution in [0.25, 0.3) is 0 Å². The molecule has 1 aromatic rings. The van der Waals surface area contributed by atoms with Gasteiger partial charge >= 0.3 is 0 Å². The molecule has 2 N–H and O–H groups in total. The fraction of sp³-hybridized carbons (Fsp3) is 0.400. The summed E-state index contributed by atoms with van der Waals surface area (Å²) in [6.45, 7) is 1.27. The molecule has 0 aliphatic carbocycles. The van der Waals surface area contributed by atoms with Gasteiger partial charge in [0.05, 0.1) is 6.54 Å². The first-order valence-electron chi connectivity index (χ1n) is 4.45. The summed E-state index contributed by atoms with van der Waals surface area (Å²) in [5.74, 6) is 0. The van der Waals surface area contributed by atoms with Gasteiger partial charge in [0.2, 0.25) is 0 Å². The number of hydrogen-bond acceptors (Lipinski definition) is 0. The van der Waals surface area contributed by atoms with Crippen molar-refractivity contribution in [3.63, 3.8) is 0 Å². The van der Waals surface area contributed by atoms with Crippen LogP contribution in [-0.4, -0.2) is 6.54 Å². The monoisotopic (exact) mass is 182 g/mol. The van der Waals surface area contributed by atoms with Crippen LogP contribution in [-0.2, 0) is 0 Å². The predicted octanol–water partition coefficient (Wildman–Crippen LogP) is 1.74. The van der Waals surface area contributed by atoms with Crippen LogP contribution in [0, 0.1) is 0 Å². The number of benzene rings is 1. The summed E-state index contributed by atoms with van der Waals surface area (Å²) in [5.41, 5.74) is 1.41. The van der Waals surface area contributed by atoms with E-state index in [9.17, 15) is 0 Å². The molecule has 2 rings (SSSR count).